The predicted molar refractivity (Wildman–Crippen MR) is 99.1 cm³/mol. The summed E-state index contributed by atoms with van der Waals surface area (Å²) < 4.78 is 23.2. The van der Waals surface area contributed by atoms with E-state index in [0.717, 1.165) is 32.2 Å². The van der Waals surface area contributed by atoms with Crippen LogP contribution in [0.5, 0.6) is 0 Å². The fourth-order valence-electron chi connectivity index (χ4n) is 2.87. The molecule has 7 heteroatoms. The number of likely N-dealkylation sites (tertiary alicyclic amines) is 1. The van der Waals surface area contributed by atoms with Gasteiger partial charge in [-0.15, -0.1) is 0 Å². The summed E-state index contributed by atoms with van der Waals surface area (Å²) in [5.41, 5.74) is 1.38. The van der Waals surface area contributed by atoms with Crippen molar-refractivity contribution in [2.24, 2.45) is 0 Å². The largest absolute Gasteiger partial charge is 0.339 e. The molecule has 1 aliphatic heterocycles. The van der Waals surface area contributed by atoms with E-state index >= 15 is 0 Å². The lowest BCUT2D eigenvalue weighted by Crippen LogP contribution is -2.27. The smallest absolute Gasteiger partial charge is 0.255 e. The van der Waals surface area contributed by atoms with Gasteiger partial charge in [0.05, 0.1) is 4.90 Å². The van der Waals surface area contributed by atoms with Gasteiger partial charge in [0.2, 0.25) is 0 Å². The first-order valence-electron chi connectivity index (χ1n) is 8.35. The van der Waals surface area contributed by atoms with Crippen molar-refractivity contribution >= 4 is 27.3 Å². The lowest BCUT2D eigenvalue weighted by molar-refractivity contribution is 0.0792. The van der Waals surface area contributed by atoms with E-state index in [1.165, 1.54) is 18.2 Å². The van der Waals surface area contributed by atoms with Gasteiger partial charge in [-0.2, -0.15) is 0 Å². The molecule has 2 amide bonds. The Labute approximate surface area is 152 Å². The molecule has 26 heavy (non-hydrogen) atoms. The number of nitrogens with zero attached hydrogens (tertiary/aromatic N) is 1. The van der Waals surface area contributed by atoms with Gasteiger partial charge in [0, 0.05) is 36.2 Å². The maximum Gasteiger partial charge on any atom is 0.255 e. The van der Waals surface area contributed by atoms with E-state index in [1.54, 1.807) is 30.3 Å². The number of hydrogen-bond acceptors (Lipinski definition) is 4. The minimum absolute atomic E-state index is 0.00114. The third-order valence-corrected chi connectivity index (χ3v) is 5.42. The van der Waals surface area contributed by atoms with Crippen molar-refractivity contribution in [2.45, 2.75) is 17.7 Å². The zero-order chi connectivity index (χ0) is 18.7. The lowest BCUT2D eigenvalue weighted by atomic mass is 10.1. The molecule has 0 aliphatic carbocycles. The van der Waals surface area contributed by atoms with Crippen LogP contribution in [0.2, 0.25) is 0 Å². The monoisotopic (exact) mass is 372 g/mol. The second-order valence-electron chi connectivity index (χ2n) is 6.33. The van der Waals surface area contributed by atoms with Crippen LogP contribution in [0.3, 0.4) is 0 Å². The first-order chi connectivity index (χ1) is 12.3. The van der Waals surface area contributed by atoms with Crippen LogP contribution >= 0.6 is 0 Å². The highest BCUT2D eigenvalue weighted by Crippen LogP contribution is 2.17. The molecule has 1 heterocycles. The highest BCUT2D eigenvalue weighted by molar-refractivity contribution is 7.90. The molecule has 2 aromatic carbocycles. The van der Waals surface area contributed by atoms with Gasteiger partial charge in [0.15, 0.2) is 9.84 Å². The van der Waals surface area contributed by atoms with Gasteiger partial charge in [-0.25, -0.2) is 8.42 Å². The van der Waals surface area contributed by atoms with Crippen LogP contribution in [-0.4, -0.2) is 44.5 Å². The molecular weight excluding hydrogens is 352 g/mol. The summed E-state index contributed by atoms with van der Waals surface area (Å²) in [5, 5.41) is 2.71. The Morgan fingerprint density at radius 1 is 0.962 bits per heavy atom. The number of carbonyl (C=O) groups is 2. The molecule has 1 fully saturated rings. The Morgan fingerprint density at radius 2 is 1.62 bits per heavy atom. The Bertz CT molecular complexity index is 930. The van der Waals surface area contributed by atoms with Crippen LogP contribution in [0.25, 0.3) is 0 Å². The zero-order valence-electron chi connectivity index (χ0n) is 14.4. The number of rotatable bonds is 4. The number of anilines is 1. The van der Waals surface area contributed by atoms with Crippen molar-refractivity contribution < 1.29 is 18.0 Å². The molecule has 0 spiro atoms. The van der Waals surface area contributed by atoms with E-state index in [9.17, 15) is 18.0 Å². The molecule has 1 aliphatic rings. The number of nitrogens with one attached hydrogen (secondary N) is 1. The SMILES string of the molecule is CS(=O)(=O)c1cccc(C(=O)Nc2ccc(C(=O)N3CCCC3)cc2)c1. The van der Waals surface area contributed by atoms with Gasteiger partial charge in [-0.1, -0.05) is 6.07 Å². The first kappa shape index (κ1) is 18.1. The molecule has 1 saturated heterocycles. The molecule has 0 bridgehead atoms. The first-order valence-corrected chi connectivity index (χ1v) is 10.2. The van der Waals surface area contributed by atoms with Crippen LogP contribution in [0.4, 0.5) is 5.69 Å². The fraction of sp³-hybridized carbons (Fsp3) is 0.263. The van der Waals surface area contributed by atoms with E-state index in [1.807, 2.05) is 4.90 Å². The molecule has 6 nitrogen and oxygen atoms in total. The summed E-state index contributed by atoms with van der Waals surface area (Å²) in [6.07, 6.45) is 3.17. The van der Waals surface area contributed by atoms with E-state index in [2.05, 4.69) is 5.32 Å². The zero-order valence-corrected chi connectivity index (χ0v) is 15.3. The molecule has 0 radical (unpaired) electrons. The summed E-state index contributed by atoms with van der Waals surface area (Å²) in [4.78, 5) is 26.6. The van der Waals surface area contributed by atoms with Crippen molar-refractivity contribution in [2.75, 3.05) is 24.7 Å². The highest BCUT2D eigenvalue weighted by Gasteiger charge is 2.19. The van der Waals surface area contributed by atoms with Gasteiger partial charge in [-0.3, -0.25) is 9.59 Å². The summed E-state index contributed by atoms with van der Waals surface area (Å²) in [6.45, 7) is 1.57. The maximum atomic E-state index is 12.3. The Hall–Kier alpha value is -2.67. The standard InChI is InChI=1S/C19H20N2O4S/c1-26(24,25)17-6-4-5-15(13-17)18(22)20-16-9-7-14(8-10-16)19(23)21-11-2-3-12-21/h4-10,13H,2-3,11-12H2,1H3,(H,20,22). The van der Waals surface area contributed by atoms with Crippen LogP contribution in [0.15, 0.2) is 53.4 Å². The van der Waals surface area contributed by atoms with Gasteiger partial charge in [0.25, 0.3) is 11.8 Å². The molecule has 2 aromatic rings. The number of amides is 2. The van der Waals surface area contributed by atoms with Crippen LogP contribution in [-0.2, 0) is 9.84 Å². The average molecular weight is 372 g/mol. The minimum Gasteiger partial charge on any atom is -0.339 e. The van der Waals surface area contributed by atoms with Crippen LogP contribution in [0, 0.1) is 0 Å². The number of hydrogen-bond donors (Lipinski definition) is 1. The Kier molecular flexibility index (Phi) is 5.08. The van der Waals surface area contributed by atoms with E-state index in [4.69, 9.17) is 0 Å². The van der Waals surface area contributed by atoms with Crippen LogP contribution in [0.1, 0.15) is 33.6 Å². The second kappa shape index (κ2) is 7.29. The number of carbonyl (C=O) groups excluding carboxylic acids is 2. The van der Waals surface area contributed by atoms with Gasteiger partial charge in [0.1, 0.15) is 0 Å². The fourth-order valence-corrected chi connectivity index (χ4v) is 3.54. The van der Waals surface area contributed by atoms with Gasteiger partial charge in [-0.05, 0) is 55.3 Å². The number of sulfone groups is 1. The molecule has 1 N–H and O–H groups in total. The normalized spacial score (nSPS) is 14.3. The van der Waals surface area contributed by atoms with E-state index in [-0.39, 0.29) is 16.4 Å². The Balaban J connectivity index is 1.71. The molecular formula is C19H20N2O4S. The minimum atomic E-state index is -3.38. The summed E-state index contributed by atoms with van der Waals surface area (Å²) in [6, 6.07) is 12.6. The summed E-state index contributed by atoms with van der Waals surface area (Å²) in [5.74, 6) is -0.407. The van der Waals surface area contributed by atoms with Crippen molar-refractivity contribution in [3.05, 3.63) is 59.7 Å². The van der Waals surface area contributed by atoms with Gasteiger partial charge >= 0.3 is 0 Å². The molecule has 136 valence electrons. The summed E-state index contributed by atoms with van der Waals surface area (Å²) in [7, 11) is -3.38. The molecule has 0 unspecified atom stereocenters. The quantitative estimate of drug-likeness (QED) is 0.894. The van der Waals surface area contributed by atoms with Gasteiger partial charge < -0.3 is 10.2 Å². The maximum absolute atomic E-state index is 12.3. The Morgan fingerprint density at radius 3 is 2.23 bits per heavy atom. The van der Waals surface area contributed by atoms with E-state index in [0.29, 0.717) is 11.3 Å². The average Bonchev–Trinajstić information content (AvgIpc) is 3.16. The second-order valence-corrected chi connectivity index (χ2v) is 8.35. The molecule has 0 aromatic heterocycles. The van der Waals surface area contributed by atoms with Crippen molar-refractivity contribution in [1.82, 2.24) is 4.90 Å². The van der Waals surface area contributed by atoms with Crippen molar-refractivity contribution in [3.8, 4) is 0 Å². The third-order valence-electron chi connectivity index (χ3n) is 4.31. The highest BCUT2D eigenvalue weighted by atomic mass is 32.2. The van der Waals surface area contributed by atoms with Crippen LogP contribution < -0.4 is 5.32 Å². The lowest BCUT2D eigenvalue weighted by Gasteiger charge is -2.15. The van der Waals surface area contributed by atoms with Crippen molar-refractivity contribution in [1.29, 1.82) is 0 Å². The molecule has 3 rings (SSSR count). The summed E-state index contributed by atoms with van der Waals surface area (Å²) >= 11 is 0. The van der Waals surface area contributed by atoms with Crippen molar-refractivity contribution in [3.63, 3.8) is 0 Å². The predicted octanol–water partition coefficient (Wildman–Crippen LogP) is 2.58. The van der Waals surface area contributed by atoms with E-state index < -0.39 is 15.7 Å². The molecule has 0 atom stereocenters. The number of benzene rings is 2. The molecule has 0 saturated carbocycles. The topological polar surface area (TPSA) is 83.5 Å². The third kappa shape index (κ3) is 4.11.